The van der Waals surface area contributed by atoms with Gasteiger partial charge in [0.25, 0.3) is 0 Å². The number of aromatic nitrogens is 3. The lowest BCUT2D eigenvalue weighted by Gasteiger charge is -2.36. The summed E-state index contributed by atoms with van der Waals surface area (Å²) in [6.07, 6.45) is 3.52. The van der Waals surface area contributed by atoms with Gasteiger partial charge in [0.05, 0.1) is 29.4 Å². The van der Waals surface area contributed by atoms with E-state index in [1.165, 1.54) is 0 Å². The maximum absolute atomic E-state index is 13.8. The first-order chi connectivity index (χ1) is 18.7. The minimum atomic E-state index is -0.0516. The summed E-state index contributed by atoms with van der Waals surface area (Å²) >= 11 is 0. The zero-order chi connectivity index (χ0) is 25.6. The predicted octanol–water partition coefficient (Wildman–Crippen LogP) is 4.91. The number of piperazine rings is 1. The van der Waals surface area contributed by atoms with E-state index in [0.29, 0.717) is 28.1 Å². The Kier molecular flexibility index (Phi) is 5.21. The molecule has 1 fully saturated rings. The van der Waals surface area contributed by atoms with Gasteiger partial charge in [-0.15, -0.1) is 0 Å². The third-order valence-electron chi connectivity index (χ3n) is 7.18. The van der Waals surface area contributed by atoms with Crippen LogP contribution in [0.5, 0.6) is 5.75 Å². The molecule has 2 aliphatic rings. The van der Waals surface area contributed by atoms with Gasteiger partial charge >= 0.3 is 0 Å². The Labute approximate surface area is 218 Å². The molecule has 0 unspecified atom stereocenters. The number of carbonyl (C=O) groups excluding carboxylic acids is 1. The van der Waals surface area contributed by atoms with Gasteiger partial charge in [0.1, 0.15) is 11.3 Å². The highest BCUT2D eigenvalue weighted by atomic mass is 16.5. The Bertz CT molecular complexity index is 1680. The van der Waals surface area contributed by atoms with E-state index in [0.717, 1.165) is 60.2 Å². The number of ether oxygens (including phenoxy) is 1. The third-order valence-corrected chi connectivity index (χ3v) is 7.18. The van der Waals surface area contributed by atoms with E-state index in [1.54, 1.807) is 19.5 Å². The summed E-state index contributed by atoms with van der Waals surface area (Å²) in [6, 6.07) is 19.0. The molecule has 0 amide bonds. The van der Waals surface area contributed by atoms with E-state index < -0.39 is 0 Å². The second-order valence-electron chi connectivity index (χ2n) is 9.31. The van der Waals surface area contributed by atoms with Crippen molar-refractivity contribution in [3.63, 3.8) is 0 Å². The first-order valence-electron chi connectivity index (χ1n) is 12.5. The van der Waals surface area contributed by atoms with Gasteiger partial charge in [-0.1, -0.05) is 35.5 Å². The fourth-order valence-electron chi connectivity index (χ4n) is 5.34. The molecule has 1 N–H and O–H groups in total. The molecule has 0 radical (unpaired) electrons. The summed E-state index contributed by atoms with van der Waals surface area (Å²) in [5.74, 6) is 2.03. The van der Waals surface area contributed by atoms with E-state index in [1.807, 2.05) is 60.7 Å². The Morgan fingerprint density at radius 1 is 0.895 bits per heavy atom. The van der Waals surface area contributed by atoms with Gasteiger partial charge in [0.15, 0.2) is 11.5 Å². The molecule has 0 atom stereocenters. The fourth-order valence-corrected chi connectivity index (χ4v) is 5.34. The highest BCUT2D eigenvalue weighted by molar-refractivity contribution is 6.28. The quantitative estimate of drug-likeness (QED) is 0.351. The highest BCUT2D eigenvalue weighted by Crippen LogP contribution is 2.46. The van der Waals surface area contributed by atoms with Crippen molar-refractivity contribution < 1.29 is 14.1 Å². The first-order valence-corrected chi connectivity index (χ1v) is 12.5. The Morgan fingerprint density at radius 2 is 1.66 bits per heavy atom. The molecular weight excluding hydrogens is 480 g/mol. The van der Waals surface area contributed by atoms with Crippen molar-refractivity contribution >= 4 is 39.7 Å². The fraction of sp³-hybridized carbons (Fsp3) is 0.172. The lowest BCUT2D eigenvalue weighted by molar-refractivity contribution is 0.104. The van der Waals surface area contributed by atoms with Gasteiger partial charge in [0, 0.05) is 61.5 Å². The lowest BCUT2D eigenvalue weighted by Crippen LogP contribution is -2.47. The molecule has 3 aromatic carbocycles. The van der Waals surface area contributed by atoms with Crippen LogP contribution in [0.1, 0.15) is 15.9 Å². The molecule has 0 saturated carbocycles. The number of rotatable bonds is 5. The maximum atomic E-state index is 13.8. The third kappa shape index (κ3) is 3.54. The maximum Gasteiger partial charge on any atom is 0.225 e. The predicted molar refractivity (Wildman–Crippen MR) is 146 cm³/mol. The molecule has 9 nitrogen and oxygen atoms in total. The summed E-state index contributed by atoms with van der Waals surface area (Å²) < 4.78 is 11.3. The van der Waals surface area contributed by atoms with Gasteiger partial charge in [-0.2, -0.15) is 0 Å². The normalized spacial score (nSPS) is 14.5. The number of ketones is 1. The van der Waals surface area contributed by atoms with Gasteiger partial charge in [-0.05, 0) is 24.3 Å². The summed E-state index contributed by atoms with van der Waals surface area (Å²) in [4.78, 5) is 27.1. The van der Waals surface area contributed by atoms with Crippen LogP contribution < -0.4 is 19.9 Å². The zero-order valence-corrected chi connectivity index (χ0v) is 20.7. The lowest BCUT2D eigenvalue weighted by atomic mass is 9.86. The van der Waals surface area contributed by atoms with Gasteiger partial charge in [0.2, 0.25) is 5.95 Å². The van der Waals surface area contributed by atoms with Crippen LogP contribution in [0.4, 0.5) is 23.0 Å². The molecule has 1 aliphatic carbocycles. The van der Waals surface area contributed by atoms with Crippen LogP contribution in [0, 0.1) is 0 Å². The first kappa shape index (κ1) is 22.3. The summed E-state index contributed by atoms with van der Waals surface area (Å²) in [6.45, 7) is 3.02. The molecule has 7 rings (SSSR count). The second-order valence-corrected chi connectivity index (χ2v) is 9.31. The van der Waals surface area contributed by atoms with Gasteiger partial charge in [-0.25, -0.2) is 9.97 Å². The van der Waals surface area contributed by atoms with Crippen LogP contribution in [0.25, 0.3) is 22.2 Å². The molecule has 3 heterocycles. The summed E-state index contributed by atoms with van der Waals surface area (Å²) in [5.41, 5.74) is 5.08. The van der Waals surface area contributed by atoms with Crippen LogP contribution in [-0.4, -0.2) is 54.2 Å². The van der Waals surface area contributed by atoms with E-state index in [9.17, 15) is 4.79 Å². The number of methoxy groups -OCH3 is 1. The van der Waals surface area contributed by atoms with Gasteiger partial charge in [-0.3, -0.25) is 4.79 Å². The Morgan fingerprint density at radius 3 is 2.45 bits per heavy atom. The number of fused-ring (bicyclic) bond motifs is 2. The molecule has 2 aromatic heterocycles. The standard InChI is InChI=1S/C29H24N6O3/c1-37-19-7-4-6-18(16-19)32-22-17-23(34-12-14-35(15-13-34)29-30-10-5-11-31-29)26-25-24(22)27(36)20-8-2-3-9-21(20)28(25)38-33-26/h2-11,16-17,32H,12-15H2,1H3. The smallest absolute Gasteiger partial charge is 0.225 e. The zero-order valence-electron chi connectivity index (χ0n) is 20.7. The Hall–Kier alpha value is -4.92. The van der Waals surface area contributed by atoms with Crippen LogP contribution in [0.3, 0.4) is 0 Å². The molecular formula is C29H24N6O3. The molecule has 38 heavy (non-hydrogen) atoms. The van der Waals surface area contributed by atoms with Crippen molar-refractivity contribution in [3.05, 3.63) is 84.2 Å². The number of anilines is 4. The largest absolute Gasteiger partial charge is 0.497 e. The van der Waals surface area contributed by atoms with Crippen molar-refractivity contribution in [2.45, 2.75) is 0 Å². The van der Waals surface area contributed by atoms with E-state index in [-0.39, 0.29) is 5.78 Å². The van der Waals surface area contributed by atoms with Crippen molar-refractivity contribution in [2.24, 2.45) is 0 Å². The van der Waals surface area contributed by atoms with E-state index in [2.05, 4.69) is 30.2 Å². The minimum absolute atomic E-state index is 0.0516. The average Bonchev–Trinajstić information content (AvgIpc) is 3.42. The molecule has 9 heteroatoms. The molecule has 0 bridgehead atoms. The average molecular weight is 505 g/mol. The van der Waals surface area contributed by atoms with Crippen LogP contribution in [0.15, 0.2) is 77.6 Å². The molecule has 1 saturated heterocycles. The number of hydrogen-bond donors (Lipinski definition) is 1. The number of carbonyl (C=O) groups is 1. The SMILES string of the molecule is COc1cccc(Nc2cc(N3CCN(c4ncccn4)CC3)c3noc4c3c2C(=O)c2ccccc2-4)c1. The van der Waals surface area contributed by atoms with E-state index in [4.69, 9.17) is 9.26 Å². The summed E-state index contributed by atoms with van der Waals surface area (Å²) in [7, 11) is 1.64. The number of hydrogen-bond acceptors (Lipinski definition) is 9. The number of nitrogens with zero attached hydrogens (tertiary/aromatic N) is 5. The van der Waals surface area contributed by atoms with E-state index >= 15 is 0 Å². The van der Waals surface area contributed by atoms with Crippen LogP contribution >= 0.6 is 0 Å². The Balaban J connectivity index is 1.34. The molecule has 0 spiro atoms. The van der Waals surface area contributed by atoms with Crippen molar-refractivity contribution in [1.29, 1.82) is 0 Å². The monoisotopic (exact) mass is 504 g/mol. The highest BCUT2D eigenvalue weighted by Gasteiger charge is 2.34. The van der Waals surface area contributed by atoms with Crippen LogP contribution in [0.2, 0.25) is 0 Å². The topological polar surface area (TPSA) is 96.6 Å². The van der Waals surface area contributed by atoms with Crippen molar-refractivity contribution in [3.8, 4) is 17.1 Å². The van der Waals surface area contributed by atoms with Crippen molar-refractivity contribution in [2.75, 3.05) is 48.4 Å². The summed E-state index contributed by atoms with van der Waals surface area (Å²) in [5, 5.41) is 8.73. The van der Waals surface area contributed by atoms with Gasteiger partial charge < -0.3 is 24.4 Å². The molecule has 1 aliphatic heterocycles. The van der Waals surface area contributed by atoms with Crippen molar-refractivity contribution in [1.82, 2.24) is 15.1 Å². The molecule has 188 valence electrons. The second kappa shape index (κ2) is 8.88. The minimum Gasteiger partial charge on any atom is -0.497 e. The number of nitrogens with one attached hydrogen (secondary N) is 1. The van der Waals surface area contributed by atoms with Crippen LogP contribution in [-0.2, 0) is 0 Å². The molecule has 5 aromatic rings. The number of benzene rings is 3.